The normalized spacial score (nSPS) is 15.1. The van der Waals surface area contributed by atoms with Crippen molar-refractivity contribution in [2.24, 2.45) is 0 Å². The first-order valence-electron chi connectivity index (χ1n) is 8.40. The van der Waals surface area contributed by atoms with Crippen molar-refractivity contribution < 1.29 is 24.2 Å². The van der Waals surface area contributed by atoms with Crippen LogP contribution < -0.4 is 9.47 Å². The van der Waals surface area contributed by atoms with Crippen LogP contribution in [0.2, 0.25) is 5.02 Å². The zero-order valence-corrected chi connectivity index (χ0v) is 17.6. The number of carboxylic acids is 1. The van der Waals surface area contributed by atoms with Gasteiger partial charge in [0.05, 0.1) is 23.6 Å². The van der Waals surface area contributed by atoms with Crippen molar-refractivity contribution in [1.82, 2.24) is 4.90 Å². The summed E-state index contributed by atoms with van der Waals surface area (Å²) in [7, 11) is 1.60. The Morgan fingerprint density at radius 3 is 2.62 bits per heavy atom. The molecule has 1 fully saturated rings. The quantitative estimate of drug-likeness (QED) is 0.501. The summed E-state index contributed by atoms with van der Waals surface area (Å²) in [5.74, 6) is -0.270. The largest absolute Gasteiger partial charge is 0.497 e. The minimum atomic E-state index is -1.09. The molecule has 1 aliphatic heterocycles. The lowest BCUT2D eigenvalue weighted by Crippen LogP contribution is -2.27. The highest BCUT2D eigenvalue weighted by molar-refractivity contribution is 8.26. The van der Waals surface area contributed by atoms with Gasteiger partial charge in [0, 0.05) is 0 Å². The molecule has 1 heterocycles. The zero-order valence-electron chi connectivity index (χ0n) is 15.3. The maximum Gasteiger partial charge on any atom is 0.341 e. The van der Waals surface area contributed by atoms with Crippen molar-refractivity contribution in [2.75, 3.05) is 13.7 Å². The SMILES string of the molecule is COc1ccc(CN2C(=O)C(=Cc3ccc(OCC(=O)O)c(Cl)c3)SC2=S)cc1. The summed E-state index contributed by atoms with van der Waals surface area (Å²) in [4.78, 5) is 25.4. The highest BCUT2D eigenvalue weighted by Gasteiger charge is 2.32. The molecule has 1 amide bonds. The summed E-state index contributed by atoms with van der Waals surface area (Å²) in [5.41, 5.74) is 1.62. The smallest absolute Gasteiger partial charge is 0.341 e. The molecular weight excluding hydrogens is 434 g/mol. The van der Waals surface area contributed by atoms with Crippen LogP contribution >= 0.6 is 35.6 Å². The second-order valence-corrected chi connectivity index (χ2v) is 8.07. The monoisotopic (exact) mass is 449 g/mol. The van der Waals surface area contributed by atoms with E-state index in [-0.39, 0.29) is 16.7 Å². The second kappa shape index (κ2) is 9.30. The van der Waals surface area contributed by atoms with Gasteiger partial charge in [-0.25, -0.2) is 4.79 Å². The molecule has 0 unspecified atom stereocenters. The molecular formula is C20H16ClNO5S2. The Labute approximate surface area is 182 Å². The Morgan fingerprint density at radius 1 is 1.28 bits per heavy atom. The van der Waals surface area contributed by atoms with Crippen LogP contribution in [0.3, 0.4) is 0 Å². The molecule has 1 saturated heterocycles. The minimum Gasteiger partial charge on any atom is -0.497 e. The lowest BCUT2D eigenvalue weighted by Gasteiger charge is -2.14. The first-order chi connectivity index (χ1) is 13.9. The van der Waals surface area contributed by atoms with Crippen LogP contribution in [-0.4, -0.2) is 39.9 Å². The molecule has 2 aromatic carbocycles. The Hall–Kier alpha value is -2.55. The molecule has 2 aromatic rings. The molecule has 0 spiro atoms. The van der Waals surface area contributed by atoms with Gasteiger partial charge < -0.3 is 14.6 Å². The van der Waals surface area contributed by atoms with Gasteiger partial charge in [-0.3, -0.25) is 9.69 Å². The third-order valence-electron chi connectivity index (χ3n) is 3.98. The fraction of sp³-hybridized carbons (Fsp3) is 0.150. The maximum atomic E-state index is 12.8. The van der Waals surface area contributed by atoms with Crippen molar-refractivity contribution in [3.05, 3.63) is 63.5 Å². The van der Waals surface area contributed by atoms with Gasteiger partial charge >= 0.3 is 5.97 Å². The maximum absolute atomic E-state index is 12.8. The number of halogens is 1. The third-order valence-corrected chi connectivity index (χ3v) is 5.65. The number of hydrogen-bond acceptors (Lipinski definition) is 6. The van der Waals surface area contributed by atoms with E-state index in [1.54, 1.807) is 36.3 Å². The number of methoxy groups -OCH3 is 1. The molecule has 0 aliphatic carbocycles. The molecule has 1 aliphatic rings. The second-order valence-electron chi connectivity index (χ2n) is 5.99. The topological polar surface area (TPSA) is 76.1 Å². The van der Waals surface area contributed by atoms with Crippen LogP contribution in [0.5, 0.6) is 11.5 Å². The van der Waals surface area contributed by atoms with E-state index < -0.39 is 12.6 Å². The standard InChI is InChI=1S/C20H16ClNO5S2/c1-26-14-5-2-12(3-6-14)10-22-19(25)17(29-20(22)28)9-13-4-7-16(15(21)8-13)27-11-18(23)24/h2-9H,10-11H2,1H3,(H,23,24). The highest BCUT2D eigenvalue weighted by Crippen LogP contribution is 2.35. The molecule has 29 heavy (non-hydrogen) atoms. The number of amides is 1. The Morgan fingerprint density at radius 2 is 2.00 bits per heavy atom. The third kappa shape index (κ3) is 5.29. The predicted octanol–water partition coefficient (Wildman–Crippen LogP) is 4.21. The Kier molecular flexibility index (Phi) is 6.79. The van der Waals surface area contributed by atoms with Gasteiger partial charge in [0.1, 0.15) is 15.8 Å². The number of hydrogen-bond donors (Lipinski definition) is 1. The fourth-order valence-electron chi connectivity index (χ4n) is 2.56. The number of nitrogens with zero attached hydrogens (tertiary/aromatic N) is 1. The number of aliphatic carboxylic acids is 1. The molecule has 0 aromatic heterocycles. The molecule has 3 rings (SSSR count). The summed E-state index contributed by atoms with van der Waals surface area (Å²) in [5, 5.41) is 8.94. The average molecular weight is 450 g/mol. The molecule has 9 heteroatoms. The van der Waals surface area contributed by atoms with Gasteiger partial charge in [0.15, 0.2) is 6.61 Å². The van der Waals surface area contributed by atoms with Crippen LogP contribution in [0.1, 0.15) is 11.1 Å². The van der Waals surface area contributed by atoms with Crippen LogP contribution in [0, 0.1) is 0 Å². The summed E-state index contributed by atoms with van der Waals surface area (Å²) in [6.45, 7) is -0.113. The first-order valence-corrected chi connectivity index (χ1v) is 10.00. The van der Waals surface area contributed by atoms with E-state index in [9.17, 15) is 9.59 Å². The number of ether oxygens (including phenoxy) is 2. The number of carbonyl (C=O) groups excluding carboxylic acids is 1. The molecule has 6 nitrogen and oxygen atoms in total. The van der Waals surface area contributed by atoms with Crippen LogP contribution in [0.15, 0.2) is 47.4 Å². The molecule has 0 bridgehead atoms. The van der Waals surface area contributed by atoms with E-state index in [0.717, 1.165) is 11.3 Å². The van der Waals surface area contributed by atoms with Crippen LogP contribution in [-0.2, 0) is 16.1 Å². The predicted molar refractivity (Wildman–Crippen MR) is 116 cm³/mol. The number of carbonyl (C=O) groups is 2. The number of rotatable bonds is 7. The Bertz CT molecular complexity index is 991. The summed E-state index contributed by atoms with van der Waals surface area (Å²) in [6.07, 6.45) is 1.69. The van der Waals surface area contributed by atoms with Gasteiger partial charge in [-0.2, -0.15) is 0 Å². The van der Waals surface area contributed by atoms with Crippen molar-refractivity contribution in [3.8, 4) is 11.5 Å². The van der Waals surface area contributed by atoms with E-state index in [4.69, 9.17) is 38.4 Å². The number of thiocarbonyl (C=S) groups is 1. The molecule has 150 valence electrons. The average Bonchev–Trinajstić information content (AvgIpc) is 2.95. The van der Waals surface area contributed by atoms with E-state index in [1.807, 2.05) is 24.3 Å². The summed E-state index contributed by atoms with van der Waals surface area (Å²) in [6, 6.07) is 12.3. The summed E-state index contributed by atoms with van der Waals surface area (Å²) >= 11 is 12.7. The van der Waals surface area contributed by atoms with E-state index in [1.165, 1.54) is 11.8 Å². The van der Waals surface area contributed by atoms with Gasteiger partial charge in [-0.1, -0.05) is 53.8 Å². The van der Waals surface area contributed by atoms with Crippen LogP contribution in [0.4, 0.5) is 0 Å². The fourth-order valence-corrected chi connectivity index (χ4v) is 4.06. The molecule has 0 atom stereocenters. The summed E-state index contributed by atoms with van der Waals surface area (Å²) < 4.78 is 10.7. The van der Waals surface area contributed by atoms with E-state index in [0.29, 0.717) is 21.3 Å². The van der Waals surface area contributed by atoms with Gasteiger partial charge in [0.2, 0.25) is 0 Å². The molecule has 0 saturated carbocycles. The first kappa shape index (κ1) is 21.2. The lowest BCUT2D eigenvalue weighted by molar-refractivity contribution is -0.139. The van der Waals surface area contributed by atoms with Gasteiger partial charge in [-0.05, 0) is 41.5 Å². The number of carboxylic acid groups (broad SMARTS) is 1. The highest BCUT2D eigenvalue weighted by atomic mass is 35.5. The lowest BCUT2D eigenvalue weighted by atomic mass is 10.2. The zero-order chi connectivity index (χ0) is 21.0. The van der Waals surface area contributed by atoms with Gasteiger partial charge in [0.25, 0.3) is 5.91 Å². The number of thioether (sulfide) groups is 1. The van der Waals surface area contributed by atoms with Crippen LogP contribution in [0.25, 0.3) is 6.08 Å². The van der Waals surface area contributed by atoms with Crippen molar-refractivity contribution in [3.63, 3.8) is 0 Å². The van der Waals surface area contributed by atoms with Crippen molar-refractivity contribution >= 4 is 57.9 Å². The number of benzene rings is 2. The van der Waals surface area contributed by atoms with Crippen molar-refractivity contribution in [2.45, 2.75) is 6.54 Å². The molecule has 0 radical (unpaired) electrons. The Balaban J connectivity index is 1.73. The van der Waals surface area contributed by atoms with Crippen molar-refractivity contribution in [1.29, 1.82) is 0 Å². The minimum absolute atomic E-state index is 0.182. The van der Waals surface area contributed by atoms with E-state index in [2.05, 4.69) is 0 Å². The molecule has 1 N–H and O–H groups in total. The van der Waals surface area contributed by atoms with E-state index >= 15 is 0 Å². The van der Waals surface area contributed by atoms with Gasteiger partial charge in [-0.15, -0.1) is 0 Å².